The highest BCUT2D eigenvalue weighted by Crippen LogP contribution is 2.26. The van der Waals surface area contributed by atoms with Crippen LogP contribution in [0.5, 0.6) is 0 Å². The highest BCUT2D eigenvalue weighted by molar-refractivity contribution is 5.64. The van der Waals surface area contributed by atoms with Crippen LogP contribution in [0, 0.1) is 5.92 Å². The zero-order valence-electron chi connectivity index (χ0n) is 9.73. The Bertz CT molecular complexity index is 367. The summed E-state index contributed by atoms with van der Waals surface area (Å²) in [6.45, 7) is 1.51. The number of rotatable bonds is 3. The molecule has 0 spiro atoms. The van der Waals surface area contributed by atoms with Gasteiger partial charge in [-0.05, 0) is 30.9 Å². The fraction of sp³-hybridized carbons (Fsp3) is 0.462. The maximum Gasteiger partial charge on any atom is 0.404 e. The number of hydrogen-bond donors (Lipinski definition) is 3. The van der Waals surface area contributed by atoms with Crippen LogP contribution in [0.4, 0.5) is 4.79 Å². The quantitative estimate of drug-likeness (QED) is 0.749. The summed E-state index contributed by atoms with van der Waals surface area (Å²) in [7, 11) is 0. The Balaban J connectivity index is 1.91. The van der Waals surface area contributed by atoms with Gasteiger partial charge in [0.05, 0.1) is 0 Å². The molecule has 0 radical (unpaired) electrons. The van der Waals surface area contributed by atoms with E-state index in [1.165, 1.54) is 5.56 Å². The number of amides is 1. The molecule has 1 fully saturated rings. The molecule has 0 aromatic heterocycles. The maximum atomic E-state index is 10.5. The summed E-state index contributed by atoms with van der Waals surface area (Å²) in [6, 6.07) is 10.7. The first-order valence-corrected chi connectivity index (χ1v) is 6.01. The van der Waals surface area contributed by atoms with Crippen LogP contribution in [0.25, 0.3) is 0 Å². The highest BCUT2D eigenvalue weighted by Gasteiger charge is 2.22. The van der Waals surface area contributed by atoms with Crippen molar-refractivity contribution < 1.29 is 9.90 Å². The van der Waals surface area contributed by atoms with Gasteiger partial charge in [-0.3, -0.25) is 0 Å². The van der Waals surface area contributed by atoms with E-state index in [4.69, 9.17) is 5.11 Å². The summed E-state index contributed by atoms with van der Waals surface area (Å²) in [5, 5.41) is 14.6. The Kier molecular flexibility index (Phi) is 3.98. The van der Waals surface area contributed by atoms with E-state index in [0.717, 1.165) is 19.4 Å². The smallest absolute Gasteiger partial charge is 0.404 e. The van der Waals surface area contributed by atoms with Crippen molar-refractivity contribution in [1.29, 1.82) is 0 Å². The molecule has 92 valence electrons. The van der Waals surface area contributed by atoms with Crippen molar-refractivity contribution in [3.63, 3.8) is 0 Å². The third-order valence-corrected chi connectivity index (χ3v) is 3.26. The van der Waals surface area contributed by atoms with E-state index in [1.54, 1.807) is 0 Å². The van der Waals surface area contributed by atoms with Crippen molar-refractivity contribution in [2.24, 2.45) is 5.92 Å². The molecule has 2 atom stereocenters. The molecule has 0 unspecified atom stereocenters. The predicted molar refractivity (Wildman–Crippen MR) is 65.9 cm³/mol. The second-order valence-electron chi connectivity index (χ2n) is 4.49. The van der Waals surface area contributed by atoms with Gasteiger partial charge in [-0.2, -0.15) is 0 Å². The topological polar surface area (TPSA) is 61.4 Å². The van der Waals surface area contributed by atoms with Gasteiger partial charge in [0, 0.05) is 12.6 Å². The van der Waals surface area contributed by atoms with Crippen LogP contribution in [-0.4, -0.2) is 24.3 Å². The van der Waals surface area contributed by atoms with E-state index in [1.807, 2.05) is 18.2 Å². The van der Waals surface area contributed by atoms with E-state index in [0.29, 0.717) is 18.5 Å². The molecule has 1 aliphatic rings. The van der Waals surface area contributed by atoms with Gasteiger partial charge >= 0.3 is 6.09 Å². The number of hydrogen-bond acceptors (Lipinski definition) is 2. The van der Waals surface area contributed by atoms with E-state index in [-0.39, 0.29) is 0 Å². The predicted octanol–water partition coefficient (Wildman–Crippen LogP) is 1.99. The molecule has 0 saturated carbocycles. The molecule has 4 heteroatoms. The summed E-state index contributed by atoms with van der Waals surface area (Å²) >= 11 is 0. The molecule has 4 nitrogen and oxygen atoms in total. The van der Waals surface area contributed by atoms with Crippen molar-refractivity contribution in [1.82, 2.24) is 10.6 Å². The van der Waals surface area contributed by atoms with Crippen LogP contribution >= 0.6 is 0 Å². The zero-order valence-corrected chi connectivity index (χ0v) is 9.73. The molecule has 1 aromatic rings. The zero-order chi connectivity index (χ0) is 12.1. The van der Waals surface area contributed by atoms with Crippen LogP contribution < -0.4 is 10.6 Å². The summed E-state index contributed by atoms with van der Waals surface area (Å²) in [5.41, 5.74) is 1.28. The van der Waals surface area contributed by atoms with Crippen LogP contribution in [0.3, 0.4) is 0 Å². The van der Waals surface area contributed by atoms with Gasteiger partial charge in [0.25, 0.3) is 0 Å². The monoisotopic (exact) mass is 234 g/mol. The van der Waals surface area contributed by atoms with Crippen molar-refractivity contribution in [3.05, 3.63) is 35.9 Å². The second kappa shape index (κ2) is 5.68. The first-order valence-electron chi connectivity index (χ1n) is 6.01. The lowest BCUT2D eigenvalue weighted by Gasteiger charge is -2.30. The third-order valence-electron chi connectivity index (χ3n) is 3.26. The minimum Gasteiger partial charge on any atom is -0.465 e. The molecule has 3 N–H and O–H groups in total. The normalized spacial score (nSPS) is 24.2. The molecular formula is C13H18N2O2. The van der Waals surface area contributed by atoms with E-state index < -0.39 is 6.09 Å². The lowest BCUT2D eigenvalue weighted by atomic mass is 9.89. The van der Waals surface area contributed by atoms with Crippen molar-refractivity contribution in [2.75, 3.05) is 13.1 Å². The lowest BCUT2D eigenvalue weighted by molar-refractivity contribution is 0.189. The molecule has 2 rings (SSSR count). The van der Waals surface area contributed by atoms with Gasteiger partial charge in [-0.1, -0.05) is 30.3 Å². The first-order chi connectivity index (χ1) is 8.25. The van der Waals surface area contributed by atoms with Crippen LogP contribution in [0.1, 0.15) is 24.4 Å². The van der Waals surface area contributed by atoms with E-state index in [9.17, 15) is 4.79 Å². The van der Waals surface area contributed by atoms with Gasteiger partial charge in [0.2, 0.25) is 0 Å². The molecule has 1 heterocycles. The molecule has 17 heavy (non-hydrogen) atoms. The van der Waals surface area contributed by atoms with Crippen LogP contribution in [-0.2, 0) is 0 Å². The third kappa shape index (κ3) is 3.46. The number of benzene rings is 1. The summed E-state index contributed by atoms with van der Waals surface area (Å²) in [4.78, 5) is 10.5. The van der Waals surface area contributed by atoms with Crippen LogP contribution in [0.15, 0.2) is 30.3 Å². The van der Waals surface area contributed by atoms with Crippen molar-refractivity contribution >= 4 is 6.09 Å². The number of carboxylic acid groups (broad SMARTS) is 1. The second-order valence-corrected chi connectivity index (χ2v) is 4.49. The van der Waals surface area contributed by atoms with Gasteiger partial charge in [0.1, 0.15) is 0 Å². The van der Waals surface area contributed by atoms with Gasteiger partial charge < -0.3 is 15.7 Å². The van der Waals surface area contributed by atoms with Gasteiger partial charge in [-0.15, -0.1) is 0 Å². The Morgan fingerprint density at radius 2 is 2.18 bits per heavy atom. The Labute approximate surface area is 101 Å². The number of piperidine rings is 1. The minimum atomic E-state index is -0.931. The van der Waals surface area contributed by atoms with E-state index >= 15 is 0 Å². The van der Waals surface area contributed by atoms with Gasteiger partial charge in [-0.25, -0.2) is 4.79 Å². The highest BCUT2D eigenvalue weighted by atomic mass is 16.4. The summed E-state index contributed by atoms with van der Waals surface area (Å²) in [6.07, 6.45) is 1.09. The average Bonchev–Trinajstić information content (AvgIpc) is 2.38. The largest absolute Gasteiger partial charge is 0.465 e. The molecule has 1 saturated heterocycles. The van der Waals surface area contributed by atoms with Crippen LogP contribution in [0.2, 0.25) is 0 Å². The lowest BCUT2D eigenvalue weighted by Crippen LogP contribution is -2.37. The molecule has 0 bridgehead atoms. The molecule has 1 aromatic carbocycles. The fourth-order valence-corrected chi connectivity index (χ4v) is 2.35. The standard InChI is InChI=1S/C13H18N2O2/c16-13(17)15-9-10-6-7-14-12(8-10)11-4-2-1-3-5-11/h1-5,10,12,14-15H,6-9H2,(H,16,17)/t10-,12-/m0/s1. The van der Waals surface area contributed by atoms with Gasteiger partial charge in [0.15, 0.2) is 0 Å². The SMILES string of the molecule is O=C(O)NC[C@H]1CCN[C@H](c2ccccc2)C1. The number of nitrogens with one attached hydrogen (secondary N) is 2. The average molecular weight is 234 g/mol. The van der Waals surface area contributed by atoms with Crippen molar-refractivity contribution in [3.8, 4) is 0 Å². The first kappa shape index (κ1) is 11.9. The Hall–Kier alpha value is -1.55. The molecule has 1 amide bonds. The minimum absolute atomic E-state index is 0.352. The molecule has 1 aliphatic heterocycles. The van der Waals surface area contributed by atoms with Crippen molar-refractivity contribution in [2.45, 2.75) is 18.9 Å². The van der Waals surface area contributed by atoms with E-state index in [2.05, 4.69) is 22.8 Å². The summed E-state index contributed by atoms with van der Waals surface area (Å²) in [5.74, 6) is 0.428. The fourth-order valence-electron chi connectivity index (χ4n) is 2.35. The molecule has 0 aliphatic carbocycles. The molecular weight excluding hydrogens is 216 g/mol. The maximum absolute atomic E-state index is 10.5. The summed E-state index contributed by atoms with van der Waals surface area (Å²) < 4.78 is 0. The Morgan fingerprint density at radius 3 is 2.88 bits per heavy atom. The Morgan fingerprint density at radius 1 is 1.41 bits per heavy atom. The number of carbonyl (C=O) groups is 1.